The van der Waals surface area contributed by atoms with Crippen molar-refractivity contribution in [1.82, 2.24) is 0 Å². The van der Waals surface area contributed by atoms with E-state index >= 15 is 0 Å². The molecule has 0 aliphatic rings. The van der Waals surface area contributed by atoms with Gasteiger partial charge in [0.15, 0.2) is 11.5 Å². The van der Waals surface area contributed by atoms with Gasteiger partial charge in [-0.15, -0.1) is 0 Å². The first kappa shape index (κ1) is 13.7. The molecule has 18 heavy (non-hydrogen) atoms. The van der Waals surface area contributed by atoms with Crippen LogP contribution in [0.4, 0.5) is 0 Å². The van der Waals surface area contributed by atoms with E-state index in [-0.39, 0.29) is 17.2 Å². The summed E-state index contributed by atoms with van der Waals surface area (Å²) >= 11 is 0. The highest BCUT2D eigenvalue weighted by molar-refractivity contribution is 5.38. The van der Waals surface area contributed by atoms with Gasteiger partial charge in [0.2, 0.25) is 0 Å². The van der Waals surface area contributed by atoms with Crippen LogP contribution in [0.3, 0.4) is 0 Å². The minimum atomic E-state index is 0.181. The summed E-state index contributed by atoms with van der Waals surface area (Å²) in [5.41, 5.74) is 0.690. The van der Waals surface area contributed by atoms with E-state index < -0.39 is 0 Å². The summed E-state index contributed by atoms with van der Waals surface area (Å²) in [7, 11) is 1.52. The zero-order valence-electron chi connectivity index (χ0n) is 10.3. The average Bonchev–Trinajstić information content (AvgIpc) is 2.36. The molecule has 0 bridgehead atoms. The van der Waals surface area contributed by atoms with E-state index in [4.69, 9.17) is 20.1 Å². The van der Waals surface area contributed by atoms with Gasteiger partial charge in [0.1, 0.15) is 11.5 Å². The maximum absolute atomic E-state index is 8.99. The number of aromatic hydroxyl groups is 3. The van der Waals surface area contributed by atoms with Gasteiger partial charge in [-0.1, -0.05) is 12.1 Å². The molecule has 2 aromatic rings. The average molecular weight is 248 g/mol. The molecule has 96 valence electrons. The molecule has 0 saturated carbocycles. The monoisotopic (exact) mass is 248 g/mol. The smallest absolute Gasteiger partial charge is 0.160 e. The standard InChI is InChI=1S/2C7H8O2/c1-5-4-6(8)2-3-7(5)9;1-9-7-5-3-2-4-6(7)8/h2-4,8-9H,1H3;2-5,8H,1H3. The van der Waals surface area contributed by atoms with E-state index in [0.717, 1.165) is 0 Å². The molecule has 0 aliphatic heterocycles. The number of para-hydroxylation sites is 2. The molecule has 0 unspecified atom stereocenters. The minimum Gasteiger partial charge on any atom is -0.508 e. The highest BCUT2D eigenvalue weighted by Crippen LogP contribution is 2.23. The van der Waals surface area contributed by atoms with E-state index in [2.05, 4.69) is 0 Å². The van der Waals surface area contributed by atoms with Crippen molar-refractivity contribution < 1.29 is 20.1 Å². The number of rotatable bonds is 1. The van der Waals surface area contributed by atoms with Crippen LogP contribution in [0.15, 0.2) is 42.5 Å². The molecule has 4 nitrogen and oxygen atoms in total. The molecule has 0 radical (unpaired) electrons. The number of benzene rings is 2. The van der Waals surface area contributed by atoms with Gasteiger partial charge < -0.3 is 20.1 Å². The maximum Gasteiger partial charge on any atom is 0.160 e. The fourth-order valence-electron chi connectivity index (χ4n) is 1.27. The summed E-state index contributed by atoms with van der Waals surface area (Å²) in [6.45, 7) is 1.73. The Kier molecular flexibility index (Phi) is 4.87. The topological polar surface area (TPSA) is 69.9 Å². The summed E-state index contributed by atoms with van der Waals surface area (Å²) in [5, 5.41) is 26.7. The van der Waals surface area contributed by atoms with Crippen molar-refractivity contribution in [2.45, 2.75) is 6.92 Å². The van der Waals surface area contributed by atoms with Gasteiger partial charge >= 0.3 is 0 Å². The van der Waals surface area contributed by atoms with Crippen LogP contribution in [0.1, 0.15) is 5.56 Å². The SMILES string of the molecule is COc1ccccc1O.Cc1cc(O)ccc1O. The van der Waals surface area contributed by atoms with Crippen LogP contribution in [0.5, 0.6) is 23.0 Å². The lowest BCUT2D eigenvalue weighted by molar-refractivity contribution is 0.373. The summed E-state index contributed by atoms with van der Waals surface area (Å²) in [6.07, 6.45) is 0. The summed E-state index contributed by atoms with van der Waals surface area (Å²) in [6, 6.07) is 11.3. The lowest BCUT2D eigenvalue weighted by Crippen LogP contribution is -1.80. The van der Waals surface area contributed by atoms with Crippen molar-refractivity contribution in [2.75, 3.05) is 7.11 Å². The second kappa shape index (κ2) is 6.39. The maximum atomic E-state index is 8.99. The fraction of sp³-hybridized carbons (Fsp3) is 0.143. The normalized spacial score (nSPS) is 9.22. The molecule has 3 N–H and O–H groups in total. The predicted octanol–water partition coefficient (Wildman–Crippen LogP) is 2.81. The second-order valence-electron chi connectivity index (χ2n) is 3.64. The quantitative estimate of drug-likeness (QED) is 0.679. The van der Waals surface area contributed by atoms with Crippen molar-refractivity contribution >= 4 is 0 Å². The van der Waals surface area contributed by atoms with E-state index in [0.29, 0.717) is 11.3 Å². The zero-order chi connectivity index (χ0) is 13.5. The van der Waals surface area contributed by atoms with Crippen molar-refractivity contribution in [3.05, 3.63) is 48.0 Å². The predicted molar refractivity (Wildman–Crippen MR) is 69.2 cm³/mol. The third-order valence-corrected chi connectivity index (χ3v) is 2.27. The lowest BCUT2D eigenvalue weighted by atomic mass is 10.2. The van der Waals surface area contributed by atoms with Gasteiger partial charge in [0.05, 0.1) is 7.11 Å². The number of hydrogen-bond acceptors (Lipinski definition) is 4. The lowest BCUT2D eigenvalue weighted by Gasteiger charge is -1.99. The van der Waals surface area contributed by atoms with Gasteiger partial charge in [-0.05, 0) is 42.8 Å². The van der Waals surface area contributed by atoms with E-state index in [9.17, 15) is 0 Å². The molecular formula is C14H16O4. The van der Waals surface area contributed by atoms with Crippen molar-refractivity contribution in [3.8, 4) is 23.0 Å². The third-order valence-electron chi connectivity index (χ3n) is 2.27. The zero-order valence-corrected chi connectivity index (χ0v) is 10.3. The van der Waals surface area contributed by atoms with Crippen LogP contribution in [-0.4, -0.2) is 22.4 Å². The van der Waals surface area contributed by atoms with Crippen molar-refractivity contribution in [2.24, 2.45) is 0 Å². The number of methoxy groups -OCH3 is 1. The van der Waals surface area contributed by atoms with Crippen LogP contribution < -0.4 is 4.74 Å². The molecule has 4 heteroatoms. The Hall–Kier alpha value is -2.36. The molecule has 0 amide bonds. The minimum absolute atomic E-state index is 0.181. The number of phenols is 3. The fourth-order valence-corrected chi connectivity index (χ4v) is 1.27. The highest BCUT2D eigenvalue weighted by Gasteiger charge is 1.94. The summed E-state index contributed by atoms with van der Waals surface area (Å²) in [5.74, 6) is 1.09. The number of phenolic OH excluding ortho intramolecular Hbond substituents is 3. The van der Waals surface area contributed by atoms with Crippen LogP contribution >= 0.6 is 0 Å². The summed E-state index contributed by atoms with van der Waals surface area (Å²) in [4.78, 5) is 0. The van der Waals surface area contributed by atoms with Gasteiger partial charge in [0.25, 0.3) is 0 Å². The Morgan fingerprint density at radius 3 is 2.00 bits per heavy atom. The Morgan fingerprint density at radius 2 is 1.56 bits per heavy atom. The number of aryl methyl sites for hydroxylation is 1. The highest BCUT2D eigenvalue weighted by atomic mass is 16.5. The third kappa shape index (κ3) is 3.90. The molecule has 0 aromatic heterocycles. The molecule has 0 saturated heterocycles. The van der Waals surface area contributed by atoms with Crippen LogP contribution in [0.25, 0.3) is 0 Å². The largest absolute Gasteiger partial charge is 0.508 e. The molecule has 0 spiro atoms. The number of ether oxygens (including phenoxy) is 1. The van der Waals surface area contributed by atoms with Gasteiger partial charge in [-0.25, -0.2) is 0 Å². The van der Waals surface area contributed by atoms with Crippen molar-refractivity contribution in [3.63, 3.8) is 0 Å². The van der Waals surface area contributed by atoms with Gasteiger partial charge in [-0.3, -0.25) is 0 Å². The first-order chi connectivity index (χ1) is 8.54. The molecule has 0 atom stereocenters. The molecular weight excluding hydrogens is 232 g/mol. The van der Waals surface area contributed by atoms with Crippen LogP contribution in [-0.2, 0) is 0 Å². The Bertz CT molecular complexity index is 509. The van der Waals surface area contributed by atoms with Crippen molar-refractivity contribution in [1.29, 1.82) is 0 Å². The molecule has 0 heterocycles. The first-order valence-corrected chi connectivity index (χ1v) is 5.35. The Balaban J connectivity index is 0.000000180. The second-order valence-corrected chi connectivity index (χ2v) is 3.64. The van der Waals surface area contributed by atoms with E-state index in [1.54, 1.807) is 31.2 Å². The van der Waals surface area contributed by atoms with E-state index in [1.165, 1.54) is 25.3 Å². The molecule has 2 aromatic carbocycles. The Labute approximate surface area is 106 Å². The first-order valence-electron chi connectivity index (χ1n) is 5.35. The van der Waals surface area contributed by atoms with Gasteiger partial charge in [-0.2, -0.15) is 0 Å². The van der Waals surface area contributed by atoms with Crippen LogP contribution in [0, 0.1) is 6.92 Å². The molecule has 0 aliphatic carbocycles. The molecule has 2 rings (SSSR count). The number of hydrogen-bond donors (Lipinski definition) is 3. The van der Waals surface area contributed by atoms with Crippen LogP contribution in [0.2, 0.25) is 0 Å². The van der Waals surface area contributed by atoms with E-state index in [1.807, 2.05) is 0 Å². The van der Waals surface area contributed by atoms with Gasteiger partial charge in [0, 0.05) is 0 Å². The molecule has 0 fully saturated rings. The summed E-state index contributed by atoms with van der Waals surface area (Å²) < 4.78 is 4.79. The Morgan fingerprint density at radius 1 is 0.889 bits per heavy atom.